The van der Waals surface area contributed by atoms with Crippen molar-refractivity contribution in [3.8, 4) is 0 Å². The molecule has 0 aliphatic heterocycles. The van der Waals surface area contributed by atoms with Gasteiger partial charge in [-0.25, -0.2) is 13.2 Å². The molecule has 0 amide bonds. The van der Waals surface area contributed by atoms with Gasteiger partial charge in [0.15, 0.2) is 0 Å². The Balaban J connectivity index is 2.76. The standard InChI is InChI=1S/C8H12ClF3/c1-3-6(10)4(2)8(12)5(9)7(3)11/h3-8H,1-2H3. The van der Waals surface area contributed by atoms with Gasteiger partial charge in [0.05, 0.1) is 5.38 Å². The molecule has 1 fully saturated rings. The molecule has 0 aromatic rings. The summed E-state index contributed by atoms with van der Waals surface area (Å²) in [6.45, 7) is 2.85. The molecule has 0 heterocycles. The molecule has 0 radical (unpaired) electrons. The van der Waals surface area contributed by atoms with Crippen molar-refractivity contribution >= 4 is 11.6 Å². The van der Waals surface area contributed by atoms with E-state index in [0.29, 0.717) is 0 Å². The van der Waals surface area contributed by atoms with E-state index < -0.39 is 35.7 Å². The summed E-state index contributed by atoms with van der Waals surface area (Å²) < 4.78 is 39.2. The molecule has 1 rings (SSSR count). The van der Waals surface area contributed by atoms with Crippen LogP contribution < -0.4 is 0 Å². The van der Waals surface area contributed by atoms with Crippen LogP contribution in [0.25, 0.3) is 0 Å². The Kier molecular flexibility index (Phi) is 2.92. The SMILES string of the molecule is CC1C(F)C(C)C(F)C(Cl)C1F. The summed E-state index contributed by atoms with van der Waals surface area (Å²) in [4.78, 5) is 0. The summed E-state index contributed by atoms with van der Waals surface area (Å²) in [6.07, 6.45) is -4.58. The fourth-order valence-electron chi connectivity index (χ4n) is 1.59. The van der Waals surface area contributed by atoms with E-state index in [0.717, 1.165) is 0 Å². The van der Waals surface area contributed by atoms with Gasteiger partial charge < -0.3 is 0 Å². The molecule has 72 valence electrons. The Morgan fingerprint density at radius 2 is 1.17 bits per heavy atom. The normalized spacial score (nSPS) is 55.5. The van der Waals surface area contributed by atoms with Gasteiger partial charge in [-0.05, 0) is 0 Å². The average molecular weight is 201 g/mol. The maximum absolute atomic E-state index is 13.1. The van der Waals surface area contributed by atoms with Crippen molar-refractivity contribution in [2.24, 2.45) is 11.8 Å². The second-order valence-corrected chi connectivity index (χ2v) is 4.00. The molecule has 0 N–H and O–H groups in total. The maximum Gasteiger partial charge on any atom is 0.125 e. The highest BCUT2D eigenvalue weighted by Gasteiger charge is 2.47. The molecule has 0 aromatic carbocycles. The lowest BCUT2D eigenvalue weighted by Crippen LogP contribution is -2.49. The summed E-state index contributed by atoms with van der Waals surface area (Å²) in [5.74, 6) is -1.59. The molecule has 0 aromatic heterocycles. The third kappa shape index (κ3) is 1.43. The van der Waals surface area contributed by atoms with Gasteiger partial charge in [0.2, 0.25) is 0 Å². The van der Waals surface area contributed by atoms with E-state index in [1.165, 1.54) is 13.8 Å². The van der Waals surface area contributed by atoms with Crippen LogP contribution in [0.4, 0.5) is 13.2 Å². The average Bonchev–Trinajstić information content (AvgIpc) is 2.08. The molecule has 0 spiro atoms. The van der Waals surface area contributed by atoms with Crippen LogP contribution in [0.2, 0.25) is 0 Å². The Bertz CT molecular complexity index is 106. The van der Waals surface area contributed by atoms with E-state index >= 15 is 0 Å². The molecule has 0 bridgehead atoms. The summed E-state index contributed by atoms with van der Waals surface area (Å²) in [5, 5.41) is -1.19. The zero-order chi connectivity index (χ0) is 9.46. The van der Waals surface area contributed by atoms with Gasteiger partial charge in [-0.15, -0.1) is 11.6 Å². The Labute approximate surface area is 75.1 Å². The minimum atomic E-state index is -1.58. The summed E-state index contributed by atoms with van der Waals surface area (Å²) in [5.41, 5.74) is 0. The minimum Gasteiger partial charge on any atom is -0.247 e. The number of hydrogen-bond acceptors (Lipinski definition) is 0. The predicted molar refractivity (Wildman–Crippen MR) is 42.7 cm³/mol. The third-order valence-electron chi connectivity index (χ3n) is 2.62. The van der Waals surface area contributed by atoms with Gasteiger partial charge in [0.25, 0.3) is 0 Å². The van der Waals surface area contributed by atoms with Crippen LogP contribution in [0, 0.1) is 11.8 Å². The van der Waals surface area contributed by atoms with E-state index in [1.807, 2.05) is 0 Å². The second-order valence-electron chi connectivity index (χ2n) is 3.50. The first-order chi connectivity index (χ1) is 5.46. The highest BCUT2D eigenvalue weighted by Crippen LogP contribution is 2.38. The third-order valence-corrected chi connectivity index (χ3v) is 3.10. The second kappa shape index (κ2) is 3.44. The van der Waals surface area contributed by atoms with E-state index in [9.17, 15) is 13.2 Å². The number of halogens is 4. The van der Waals surface area contributed by atoms with Crippen LogP contribution in [-0.4, -0.2) is 23.9 Å². The van der Waals surface area contributed by atoms with Crippen LogP contribution in [0.15, 0.2) is 0 Å². The number of alkyl halides is 4. The fourth-order valence-corrected chi connectivity index (χ4v) is 2.04. The quantitative estimate of drug-likeness (QED) is 0.528. The molecular formula is C8H12ClF3. The van der Waals surface area contributed by atoms with E-state index in [-0.39, 0.29) is 0 Å². The molecule has 1 aliphatic rings. The van der Waals surface area contributed by atoms with Crippen LogP contribution in [0.5, 0.6) is 0 Å². The lowest BCUT2D eigenvalue weighted by molar-refractivity contribution is -0.00219. The summed E-state index contributed by atoms with van der Waals surface area (Å²) in [6, 6.07) is 0. The lowest BCUT2D eigenvalue weighted by atomic mass is 9.79. The molecule has 1 saturated carbocycles. The molecule has 0 nitrogen and oxygen atoms in total. The van der Waals surface area contributed by atoms with Crippen LogP contribution in [0.3, 0.4) is 0 Å². The van der Waals surface area contributed by atoms with Gasteiger partial charge in [0, 0.05) is 11.8 Å². The van der Waals surface area contributed by atoms with Gasteiger partial charge >= 0.3 is 0 Å². The molecule has 0 saturated heterocycles. The van der Waals surface area contributed by atoms with Crippen molar-refractivity contribution in [1.82, 2.24) is 0 Å². The fraction of sp³-hybridized carbons (Fsp3) is 1.00. The van der Waals surface area contributed by atoms with E-state index in [1.54, 1.807) is 0 Å². The number of hydrogen-bond donors (Lipinski definition) is 0. The van der Waals surface area contributed by atoms with Gasteiger partial charge in [-0.2, -0.15) is 0 Å². The van der Waals surface area contributed by atoms with E-state index in [2.05, 4.69) is 0 Å². The van der Waals surface area contributed by atoms with Crippen molar-refractivity contribution in [3.63, 3.8) is 0 Å². The van der Waals surface area contributed by atoms with E-state index in [4.69, 9.17) is 11.6 Å². The zero-order valence-electron chi connectivity index (χ0n) is 6.98. The number of rotatable bonds is 0. The first-order valence-corrected chi connectivity index (χ1v) is 4.46. The first-order valence-electron chi connectivity index (χ1n) is 4.03. The molecule has 4 atom stereocenters. The maximum atomic E-state index is 13.1. The van der Waals surface area contributed by atoms with Crippen molar-refractivity contribution < 1.29 is 13.2 Å². The van der Waals surface area contributed by atoms with Gasteiger partial charge in [-0.1, -0.05) is 13.8 Å². The minimum absolute atomic E-state index is 0.797. The van der Waals surface area contributed by atoms with Crippen LogP contribution in [0.1, 0.15) is 13.8 Å². The topological polar surface area (TPSA) is 0 Å². The largest absolute Gasteiger partial charge is 0.247 e. The lowest BCUT2D eigenvalue weighted by Gasteiger charge is -2.37. The highest BCUT2D eigenvalue weighted by atomic mass is 35.5. The van der Waals surface area contributed by atoms with Gasteiger partial charge in [0.1, 0.15) is 18.5 Å². The Morgan fingerprint density at radius 3 is 1.50 bits per heavy atom. The monoisotopic (exact) mass is 200 g/mol. The first kappa shape index (κ1) is 10.2. The molecule has 4 unspecified atom stereocenters. The predicted octanol–water partition coefficient (Wildman–Crippen LogP) is 2.89. The molecule has 1 aliphatic carbocycles. The van der Waals surface area contributed by atoms with Gasteiger partial charge in [-0.3, -0.25) is 0 Å². The Morgan fingerprint density at radius 1 is 0.833 bits per heavy atom. The summed E-state index contributed by atoms with van der Waals surface area (Å²) >= 11 is 5.46. The molecular weight excluding hydrogens is 189 g/mol. The van der Waals surface area contributed by atoms with Crippen molar-refractivity contribution in [3.05, 3.63) is 0 Å². The van der Waals surface area contributed by atoms with Crippen LogP contribution in [-0.2, 0) is 0 Å². The zero-order valence-corrected chi connectivity index (χ0v) is 7.73. The van der Waals surface area contributed by atoms with Crippen LogP contribution >= 0.6 is 11.6 Å². The molecule has 4 heteroatoms. The molecule has 12 heavy (non-hydrogen) atoms. The van der Waals surface area contributed by atoms with Crippen molar-refractivity contribution in [2.45, 2.75) is 37.7 Å². The highest BCUT2D eigenvalue weighted by molar-refractivity contribution is 6.21. The van der Waals surface area contributed by atoms with Crippen molar-refractivity contribution in [2.75, 3.05) is 0 Å². The summed E-state index contributed by atoms with van der Waals surface area (Å²) in [7, 11) is 0. The van der Waals surface area contributed by atoms with Crippen molar-refractivity contribution in [1.29, 1.82) is 0 Å². The Hall–Kier alpha value is 0.0800. The smallest absolute Gasteiger partial charge is 0.125 e.